The van der Waals surface area contributed by atoms with E-state index in [-0.39, 0.29) is 17.4 Å². The summed E-state index contributed by atoms with van der Waals surface area (Å²) in [5, 5.41) is 7.86. The predicted octanol–water partition coefficient (Wildman–Crippen LogP) is 6.75. The normalized spacial score (nSPS) is 11.7. The molecule has 0 aliphatic rings. The molecule has 0 bridgehead atoms. The van der Waals surface area contributed by atoms with Crippen molar-refractivity contribution in [3.05, 3.63) is 126 Å². The molecule has 9 heteroatoms. The van der Waals surface area contributed by atoms with E-state index in [2.05, 4.69) is 16.0 Å². The molecule has 0 aliphatic carbocycles. The van der Waals surface area contributed by atoms with Crippen molar-refractivity contribution < 1.29 is 23.5 Å². The third-order valence-electron chi connectivity index (χ3n) is 5.92. The molecule has 1 unspecified atom stereocenters. The van der Waals surface area contributed by atoms with Gasteiger partial charge in [0.2, 0.25) is 5.91 Å². The van der Waals surface area contributed by atoms with Crippen LogP contribution < -0.4 is 20.7 Å². The summed E-state index contributed by atoms with van der Waals surface area (Å²) in [6, 6.07) is 28.4. The standard InChI is InChI=1S/C33H30FN3O4S/c1-3-41-28-18-12-23(13-19-28)20-30(37-32(39)24-8-5-4-6-9-24)33(40)36-27-10-7-11-29(21-27)42-22(2)31(38)35-26-16-14-25(34)15-17-26/h4-22H,3H2,1-2H3,(H,35,38)(H,36,40)(H,37,39)/b30-20+. The Morgan fingerprint density at radius 2 is 1.57 bits per heavy atom. The number of halogens is 1. The molecule has 0 radical (unpaired) electrons. The largest absolute Gasteiger partial charge is 0.494 e. The highest BCUT2D eigenvalue weighted by atomic mass is 32.2. The van der Waals surface area contributed by atoms with Crippen LogP contribution in [0.15, 0.2) is 114 Å². The zero-order valence-electron chi connectivity index (χ0n) is 23.1. The molecule has 214 valence electrons. The molecule has 0 saturated carbocycles. The van der Waals surface area contributed by atoms with Crippen LogP contribution in [-0.2, 0) is 9.59 Å². The number of benzene rings is 4. The van der Waals surface area contributed by atoms with E-state index in [4.69, 9.17) is 4.74 Å². The Balaban J connectivity index is 1.48. The Morgan fingerprint density at radius 3 is 2.26 bits per heavy atom. The Morgan fingerprint density at radius 1 is 0.857 bits per heavy atom. The molecule has 0 heterocycles. The Bertz CT molecular complexity index is 1560. The van der Waals surface area contributed by atoms with Gasteiger partial charge >= 0.3 is 0 Å². The predicted molar refractivity (Wildman–Crippen MR) is 165 cm³/mol. The third-order valence-corrected chi connectivity index (χ3v) is 7.01. The van der Waals surface area contributed by atoms with Gasteiger partial charge in [0.15, 0.2) is 0 Å². The number of carbonyl (C=O) groups is 3. The monoisotopic (exact) mass is 583 g/mol. The summed E-state index contributed by atoms with van der Waals surface area (Å²) < 4.78 is 18.7. The van der Waals surface area contributed by atoms with Gasteiger partial charge in [-0.15, -0.1) is 11.8 Å². The van der Waals surface area contributed by atoms with E-state index in [1.807, 2.05) is 13.0 Å². The lowest BCUT2D eigenvalue weighted by Crippen LogP contribution is -2.30. The maximum Gasteiger partial charge on any atom is 0.272 e. The maximum absolute atomic E-state index is 13.4. The molecule has 0 aromatic heterocycles. The van der Waals surface area contributed by atoms with Gasteiger partial charge in [0, 0.05) is 21.8 Å². The van der Waals surface area contributed by atoms with Crippen molar-refractivity contribution in [2.24, 2.45) is 0 Å². The average molecular weight is 584 g/mol. The molecule has 3 amide bonds. The molecular weight excluding hydrogens is 553 g/mol. The molecule has 4 aromatic carbocycles. The Hall–Kier alpha value is -4.89. The first-order valence-electron chi connectivity index (χ1n) is 13.3. The molecule has 0 saturated heterocycles. The van der Waals surface area contributed by atoms with Gasteiger partial charge in [0.25, 0.3) is 11.8 Å². The fourth-order valence-electron chi connectivity index (χ4n) is 3.82. The minimum Gasteiger partial charge on any atom is -0.494 e. The number of rotatable bonds is 11. The van der Waals surface area contributed by atoms with Gasteiger partial charge in [-0.05, 0) is 92.2 Å². The molecule has 3 N–H and O–H groups in total. The minimum atomic E-state index is -0.516. The van der Waals surface area contributed by atoms with Gasteiger partial charge in [-0.25, -0.2) is 4.39 Å². The second-order valence-electron chi connectivity index (χ2n) is 9.12. The van der Waals surface area contributed by atoms with Gasteiger partial charge in [0.1, 0.15) is 17.3 Å². The van der Waals surface area contributed by atoms with E-state index >= 15 is 0 Å². The zero-order valence-corrected chi connectivity index (χ0v) is 23.9. The summed E-state index contributed by atoms with van der Waals surface area (Å²) in [5.41, 5.74) is 2.15. The van der Waals surface area contributed by atoms with Gasteiger partial charge in [0.05, 0.1) is 11.9 Å². The van der Waals surface area contributed by atoms with Gasteiger partial charge in [-0.2, -0.15) is 0 Å². The summed E-state index contributed by atoms with van der Waals surface area (Å²) in [6.07, 6.45) is 1.59. The number of carbonyl (C=O) groups excluding carboxylic acids is 3. The molecule has 0 fully saturated rings. The van der Waals surface area contributed by atoms with Crippen LogP contribution in [0.1, 0.15) is 29.8 Å². The lowest BCUT2D eigenvalue weighted by atomic mass is 10.1. The van der Waals surface area contributed by atoms with Crippen LogP contribution in [0.2, 0.25) is 0 Å². The van der Waals surface area contributed by atoms with Crippen molar-refractivity contribution in [1.82, 2.24) is 5.32 Å². The number of nitrogens with one attached hydrogen (secondary N) is 3. The van der Waals surface area contributed by atoms with Crippen LogP contribution in [-0.4, -0.2) is 29.6 Å². The highest BCUT2D eigenvalue weighted by Gasteiger charge is 2.17. The zero-order chi connectivity index (χ0) is 29.9. The van der Waals surface area contributed by atoms with Crippen LogP contribution in [0.3, 0.4) is 0 Å². The van der Waals surface area contributed by atoms with Crippen molar-refractivity contribution in [2.45, 2.75) is 24.0 Å². The van der Waals surface area contributed by atoms with E-state index in [0.29, 0.717) is 34.9 Å². The topological polar surface area (TPSA) is 96.5 Å². The fourth-order valence-corrected chi connectivity index (χ4v) is 4.74. The van der Waals surface area contributed by atoms with Crippen LogP contribution in [0.25, 0.3) is 6.08 Å². The van der Waals surface area contributed by atoms with Gasteiger partial charge in [-0.1, -0.05) is 36.4 Å². The van der Waals surface area contributed by atoms with E-state index in [1.165, 1.54) is 36.0 Å². The van der Waals surface area contributed by atoms with Crippen LogP contribution >= 0.6 is 11.8 Å². The van der Waals surface area contributed by atoms with Crippen molar-refractivity contribution in [2.75, 3.05) is 17.2 Å². The smallest absolute Gasteiger partial charge is 0.272 e. The Labute approximate surface area is 248 Å². The molecule has 0 aliphatic heterocycles. The van der Waals surface area contributed by atoms with Crippen molar-refractivity contribution in [1.29, 1.82) is 0 Å². The van der Waals surface area contributed by atoms with E-state index in [1.54, 1.807) is 85.8 Å². The average Bonchev–Trinajstić information content (AvgIpc) is 2.99. The van der Waals surface area contributed by atoms with Crippen molar-refractivity contribution in [3.8, 4) is 5.75 Å². The highest BCUT2D eigenvalue weighted by Crippen LogP contribution is 2.27. The lowest BCUT2D eigenvalue weighted by Gasteiger charge is -2.14. The number of thioether (sulfide) groups is 1. The van der Waals surface area contributed by atoms with Crippen LogP contribution in [0, 0.1) is 5.82 Å². The molecule has 4 aromatic rings. The number of amides is 3. The first kappa shape index (κ1) is 30.1. The summed E-state index contributed by atoms with van der Waals surface area (Å²) >= 11 is 1.31. The quantitative estimate of drug-likeness (QED) is 0.134. The van der Waals surface area contributed by atoms with Crippen molar-refractivity contribution in [3.63, 3.8) is 0 Å². The Kier molecular flexibility index (Phi) is 10.5. The molecule has 42 heavy (non-hydrogen) atoms. The summed E-state index contributed by atoms with van der Waals surface area (Å²) in [4.78, 5) is 39.7. The van der Waals surface area contributed by atoms with Crippen LogP contribution in [0.5, 0.6) is 5.75 Å². The molecule has 4 rings (SSSR count). The second-order valence-corrected chi connectivity index (χ2v) is 10.5. The van der Waals surface area contributed by atoms with Gasteiger partial charge < -0.3 is 20.7 Å². The molecule has 0 spiro atoms. The lowest BCUT2D eigenvalue weighted by molar-refractivity contribution is -0.115. The van der Waals surface area contributed by atoms with E-state index in [0.717, 1.165) is 4.90 Å². The number of anilines is 2. The summed E-state index contributed by atoms with van der Waals surface area (Å²) in [6.45, 7) is 4.18. The third kappa shape index (κ3) is 8.81. The number of hydrogen-bond acceptors (Lipinski definition) is 5. The molecule has 7 nitrogen and oxygen atoms in total. The van der Waals surface area contributed by atoms with Crippen LogP contribution in [0.4, 0.5) is 15.8 Å². The fraction of sp³-hybridized carbons (Fsp3) is 0.121. The van der Waals surface area contributed by atoms with E-state index < -0.39 is 17.1 Å². The molecule has 1 atom stereocenters. The first-order valence-corrected chi connectivity index (χ1v) is 14.1. The molecular formula is C33H30FN3O4S. The minimum absolute atomic E-state index is 0.0538. The van der Waals surface area contributed by atoms with E-state index in [9.17, 15) is 18.8 Å². The van der Waals surface area contributed by atoms with Gasteiger partial charge in [-0.3, -0.25) is 14.4 Å². The summed E-state index contributed by atoms with van der Waals surface area (Å²) in [7, 11) is 0. The first-order chi connectivity index (χ1) is 20.3. The maximum atomic E-state index is 13.4. The van der Waals surface area contributed by atoms with Crippen molar-refractivity contribution >= 4 is 46.9 Å². The summed E-state index contributed by atoms with van der Waals surface area (Å²) in [5.74, 6) is -0.869. The highest BCUT2D eigenvalue weighted by molar-refractivity contribution is 8.00. The SMILES string of the molecule is CCOc1ccc(/C=C(/NC(=O)c2ccccc2)C(=O)Nc2cccc(SC(C)C(=O)Nc3ccc(F)cc3)c2)cc1. The number of ether oxygens (including phenoxy) is 1. The number of hydrogen-bond donors (Lipinski definition) is 3. The second kappa shape index (κ2) is 14.7.